The van der Waals surface area contributed by atoms with E-state index >= 15 is 0 Å². The van der Waals surface area contributed by atoms with Gasteiger partial charge in [0.1, 0.15) is 0 Å². The molecular formula is C12H22N2O2. The summed E-state index contributed by atoms with van der Waals surface area (Å²) >= 11 is 0. The zero-order valence-electron chi connectivity index (χ0n) is 10.0. The monoisotopic (exact) mass is 226 g/mol. The van der Waals surface area contributed by atoms with Crippen LogP contribution in [0.4, 0.5) is 0 Å². The molecule has 4 nitrogen and oxygen atoms in total. The zero-order chi connectivity index (χ0) is 11.5. The number of ether oxygens (including phenoxy) is 1. The number of nitrogens with two attached hydrogens (primary N) is 1. The van der Waals surface area contributed by atoms with E-state index in [1.54, 1.807) is 0 Å². The molecule has 1 aliphatic carbocycles. The highest BCUT2D eigenvalue weighted by atomic mass is 16.5. The lowest BCUT2D eigenvalue weighted by Crippen LogP contribution is -2.50. The number of amides is 1. The van der Waals surface area contributed by atoms with Gasteiger partial charge in [-0.2, -0.15) is 0 Å². The number of morpholine rings is 1. The normalized spacial score (nSPS) is 36.1. The lowest BCUT2D eigenvalue weighted by Gasteiger charge is -2.36. The smallest absolute Gasteiger partial charge is 0.227 e. The maximum atomic E-state index is 12.3. The number of carbonyl (C=O) groups excluding carboxylic acids is 1. The Morgan fingerprint density at radius 3 is 2.69 bits per heavy atom. The molecule has 16 heavy (non-hydrogen) atoms. The largest absolute Gasteiger partial charge is 0.378 e. The van der Waals surface area contributed by atoms with Gasteiger partial charge in [-0.25, -0.2) is 0 Å². The van der Waals surface area contributed by atoms with Gasteiger partial charge in [0.15, 0.2) is 0 Å². The third-order valence-electron chi connectivity index (χ3n) is 3.81. The first-order chi connectivity index (χ1) is 7.68. The summed E-state index contributed by atoms with van der Waals surface area (Å²) in [6, 6.07) is 0.0616. The molecule has 1 aliphatic heterocycles. The van der Waals surface area contributed by atoms with Crippen molar-refractivity contribution < 1.29 is 9.53 Å². The SMILES string of the molecule is CC1CCC(N)C(C(=O)N2CCOCC2)C1. The van der Waals surface area contributed by atoms with Gasteiger partial charge in [0.25, 0.3) is 0 Å². The molecule has 3 atom stereocenters. The Balaban J connectivity index is 1.96. The van der Waals surface area contributed by atoms with Gasteiger partial charge in [0.05, 0.1) is 19.1 Å². The van der Waals surface area contributed by atoms with E-state index in [0.717, 1.165) is 32.4 Å². The predicted octanol–water partition coefficient (Wildman–Crippen LogP) is 0.609. The lowest BCUT2D eigenvalue weighted by atomic mass is 9.78. The lowest BCUT2D eigenvalue weighted by molar-refractivity contribution is -0.141. The molecule has 3 unspecified atom stereocenters. The van der Waals surface area contributed by atoms with E-state index in [2.05, 4.69) is 6.92 Å². The van der Waals surface area contributed by atoms with Crippen LogP contribution < -0.4 is 5.73 Å². The summed E-state index contributed by atoms with van der Waals surface area (Å²) in [6.45, 7) is 5.02. The Labute approximate surface area is 97.1 Å². The van der Waals surface area contributed by atoms with E-state index in [-0.39, 0.29) is 17.9 Å². The molecule has 1 saturated carbocycles. The van der Waals surface area contributed by atoms with Crippen LogP contribution in [0.2, 0.25) is 0 Å². The molecule has 1 heterocycles. The molecule has 0 aromatic heterocycles. The Kier molecular flexibility index (Phi) is 3.82. The van der Waals surface area contributed by atoms with Crippen LogP contribution in [0.25, 0.3) is 0 Å². The van der Waals surface area contributed by atoms with Gasteiger partial charge in [-0.1, -0.05) is 6.92 Å². The minimum Gasteiger partial charge on any atom is -0.378 e. The quantitative estimate of drug-likeness (QED) is 0.712. The van der Waals surface area contributed by atoms with E-state index < -0.39 is 0 Å². The minimum absolute atomic E-state index is 0.0434. The van der Waals surface area contributed by atoms with Crippen LogP contribution in [0, 0.1) is 11.8 Å². The van der Waals surface area contributed by atoms with Gasteiger partial charge in [0, 0.05) is 19.1 Å². The Morgan fingerprint density at radius 1 is 1.31 bits per heavy atom. The molecule has 92 valence electrons. The molecule has 0 aromatic rings. The number of hydrogen-bond acceptors (Lipinski definition) is 3. The van der Waals surface area contributed by atoms with Crippen LogP contribution in [0.3, 0.4) is 0 Å². The zero-order valence-corrected chi connectivity index (χ0v) is 10.0. The fourth-order valence-electron chi connectivity index (χ4n) is 2.71. The molecule has 2 rings (SSSR count). The summed E-state index contributed by atoms with van der Waals surface area (Å²) < 4.78 is 5.26. The van der Waals surface area contributed by atoms with Gasteiger partial charge >= 0.3 is 0 Å². The van der Waals surface area contributed by atoms with Gasteiger partial charge in [-0.05, 0) is 25.2 Å². The maximum Gasteiger partial charge on any atom is 0.227 e. The second-order valence-corrected chi connectivity index (χ2v) is 5.13. The molecule has 0 radical (unpaired) electrons. The summed E-state index contributed by atoms with van der Waals surface area (Å²) in [5.41, 5.74) is 6.07. The van der Waals surface area contributed by atoms with E-state index in [4.69, 9.17) is 10.5 Å². The third kappa shape index (κ3) is 2.55. The molecular weight excluding hydrogens is 204 g/mol. The van der Waals surface area contributed by atoms with Crippen molar-refractivity contribution in [3.8, 4) is 0 Å². The van der Waals surface area contributed by atoms with Crippen molar-refractivity contribution >= 4 is 5.91 Å². The molecule has 4 heteroatoms. The third-order valence-corrected chi connectivity index (χ3v) is 3.81. The summed E-state index contributed by atoms with van der Waals surface area (Å²) in [7, 11) is 0. The first kappa shape index (κ1) is 11.9. The number of nitrogens with zero attached hydrogens (tertiary/aromatic N) is 1. The van der Waals surface area contributed by atoms with E-state index in [0.29, 0.717) is 19.1 Å². The van der Waals surface area contributed by atoms with Crippen molar-refractivity contribution in [2.24, 2.45) is 17.6 Å². The Bertz CT molecular complexity index is 251. The molecule has 0 spiro atoms. The van der Waals surface area contributed by atoms with Crippen LogP contribution in [-0.2, 0) is 9.53 Å². The maximum absolute atomic E-state index is 12.3. The Hall–Kier alpha value is -0.610. The highest BCUT2D eigenvalue weighted by Gasteiger charge is 2.34. The minimum atomic E-state index is 0.0434. The average molecular weight is 226 g/mol. The predicted molar refractivity (Wildman–Crippen MR) is 61.9 cm³/mol. The van der Waals surface area contributed by atoms with Crippen LogP contribution in [0.15, 0.2) is 0 Å². The highest BCUT2D eigenvalue weighted by Crippen LogP contribution is 2.29. The Morgan fingerprint density at radius 2 is 2.00 bits per heavy atom. The standard InChI is InChI=1S/C12H22N2O2/c1-9-2-3-11(13)10(8-9)12(15)14-4-6-16-7-5-14/h9-11H,2-8,13H2,1H3. The second-order valence-electron chi connectivity index (χ2n) is 5.13. The topological polar surface area (TPSA) is 55.6 Å². The number of carbonyl (C=O) groups is 1. The summed E-state index contributed by atoms with van der Waals surface area (Å²) in [6.07, 6.45) is 3.10. The molecule has 2 fully saturated rings. The molecule has 2 N–H and O–H groups in total. The second kappa shape index (κ2) is 5.15. The van der Waals surface area contributed by atoms with Crippen LogP contribution >= 0.6 is 0 Å². The van der Waals surface area contributed by atoms with Crippen LogP contribution in [0.1, 0.15) is 26.2 Å². The first-order valence-corrected chi connectivity index (χ1v) is 6.30. The average Bonchev–Trinajstić information content (AvgIpc) is 2.32. The van der Waals surface area contributed by atoms with Crippen molar-refractivity contribution in [2.75, 3.05) is 26.3 Å². The van der Waals surface area contributed by atoms with Crippen molar-refractivity contribution in [2.45, 2.75) is 32.2 Å². The van der Waals surface area contributed by atoms with Gasteiger partial charge in [-0.3, -0.25) is 4.79 Å². The number of hydrogen-bond donors (Lipinski definition) is 1. The van der Waals surface area contributed by atoms with Gasteiger partial charge in [-0.15, -0.1) is 0 Å². The molecule has 0 bridgehead atoms. The molecule has 1 saturated heterocycles. The van der Waals surface area contributed by atoms with Crippen LogP contribution in [0.5, 0.6) is 0 Å². The fraction of sp³-hybridized carbons (Fsp3) is 0.917. The van der Waals surface area contributed by atoms with E-state index in [9.17, 15) is 4.79 Å². The van der Waals surface area contributed by atoms with Crippen molar-refractivity contribution in [3.05, 3.63) is 0 Å². The first-order valence-electron chi connectivity index (χ1n) is 6.30. The van der Waals surface area contributed by atoms with Crippen molar-refractivity contribution in [1.82, 2.24) is 4.90 Å². The van der Waals surface area contributed by atoms with Crippen molar-refractivity contribution in [1.29, 1.82) is 0 Å². The molecule has 0 aromatic carbocycles. The summed E-state index contributed by atoms with van der Waals surface area (Å²) in [5.74, 6) is 0.930. The van der Waals surface area contributed by atoms with Gasteiger partial charge in [0.2, 0.25) is 5.91 Å². The summed E-state index contributed by atoms with van der Waals surface area (Å²) in [4.78, 5) is 14.2. The van der Waals surface area contributed by atoms with Gasteiger partial charge < -0.3 is 15.4 Å². The molecule has 1 amide bonds. The van der Waals surface area contributed by atoms with E-state index in [1.807, 2.05) is 4.90 Å². The summed E-state index contributed by atoms with van der Waals surface area (Å²) in [5, 5.41) is 0. The number of rotatable bonds is 1. The van der Waals surface area contributed by atoms with Crippen LogP contribution in [-0.4, -0.2) is 43.2 Å². The van der Waals surface area contributed by atoms with Crippen molar-refractivity contribution in [3.63, 3.8) is 0 Å². The van der Waals surface area contributed by atoms with E-state index in [1.165, 1.54) is 0 Å². The fourth-order valence-corrected chi connectivity index (χ4v) is 2.71. The highest BCUT2D eigenvalue weighted by molar-refractivity contribution is 5.79. The molecule has 2 aliphatic rings.